The zero-order valence-corrected chi connectivity index (χ0v) is 14.3. The third kappa shape index (κ3) is 4.58. The molecule has 0 unspecified atom stereocenters. The Hall–Kier alpha value is -1.32. The lowest BCUT2D eigenvalue weighted by molar-refractivity contribution is -0.127. The van der Waals surface area contributed by atoms with Crippen LogP contribution >= 0.6 is 11.6 Å². The second-order valence-electron chi connectivity index (χ2n) is 6.57. The monoisotopic (exact) mass is 332 g/mol. The lowest BCUT2D eigenvalue weighted by Crippen LogP contribution is -2.44. The Balaban J connectivity index is 1.57. The molecule has 3 nitrogen and oxygen atoms in total. The van der Waals surface area contributed by atoms with Crippen molar-refractivity contribution in [3.05, 3.63) is 40.9 Å². The first-order chi connectivity index (χ1) is 11.2. The molecule has 0 spiro atoms. The van der Waals surface area contributed by atoms with E-state index in [0.717, 1.165) is 36.5 Å². The van der Waals surface area contributed by atoms with Crippen molar-refractivity contribution in [2.24, 2.45) is 0 Å². The Labute approximate surface area is 143 Å². The van der Waals surface area contributed by atoms with Gasteiger partial charge in [0.25, 0.3) is 0 Å². The summed E-state index contributed by atoms with van der Waals surface area (Å²) in [6, 6.07) is 7.94. The van der Waals surface area contributed by atoms with Crippen LogP contribution in [0.1, 0.15) is 37.7 Å². The molecule has 23 heavy (non-hydrogen) atoms. The predicted octanol–water partition coefficient (Wildman–Crippen LogP) is 3.83. The van der Waals surface area contributed by atoms with Gasteiger partial charge in [0.05, 0.1) is 0 Å². The first-order valence-electron chi connectivity index (χ1n) is 8.69. The summed E-state index contributed by atoms with van der Waals surface area (Å²) in [5, 5.41) is 0.717. The van der Waals surface area contributed by atoms with Gasteiger partial charge in [0.15, 0.2) is 0 Å². The van der Waals surface area contributed by atoms with Gasteiger partial charge in [-0.1, -0.05) is 30.2 Å². The topological polar surface area (TPSA) is 23.6 Å². The van der Waals surface area contributed by atoms with Crippen molar-refractivity contribution < 1.29 is 4.79 Å². The Morgan fingerprint density at radius 1 is 1.09 bits per heavy atom. The third-order valence-electron chi connectivity index (χ3n) is 4.87. The second-order valence-corrected chi connectivity index (χ2v) is 7.01. The van der Waals surface area contributed by atoms with Crippen LogP contribution in [-0.2, 0) is 4.79 Å². The molecular formula is C19H25ClN2O. The molecule has 1 amide bonds. The van der Waals surface area contributed by atoms with Gasteiger partial charge in [0.1, 0.15) is 0 Å². The Bertz CT molecular complexity index is 549. The average Bonchev–Trinajstić information content (AvgIpc) is 3.03. The molecule has 1 aromatic rings. The number of carbonyl (C=O) groups is 1. The molecule has 0 aromatic heterocycles. The van der Waals surface area contributed by atoms with Crippen LogP contribution in [0.2, 0.25) is 5.02 Å². The number of rotatable bonds is 4. The average molecular weight is 333 g/mol. The number of amides is 1. The van der Waals surface area contributed by atoms with Crippen molar-refractivity contribution >= 4 is 23.6 Å². The molecule has 124 valence electrons. The van der Waals surface area contributed by atoms with E-state index in [2.05, 4.69) is 9.80 Å². The summed E-state index contributed by atoms with van der Waals surface area (Å²) in [6.07, 6.45) is 9.81. The fourth-order valence-electron chi connectivity index (χ4n) is 3.59. The number of hydrogen-bond donors (Lipinski definition) is 0. The summed E-state index contributed by atoms with van der Waals surface area (Å²) in [6.45, 7) is 4.32. The van der Waals surface area contributed by atoms with Crippen LogP contribution in [0.4, 0.5) is 0 Å². The lowest BCUT2D eigenvalue weighted by Gasteiger charge is -2.32. The summed E-state index contributed by atoms with van der Waals surface area (Å²) in [5.74, 6) is 0.138. The van der Waals surface area contributed by atoms with Crippen LogP contribution in [0, 0.1) is 0 Å². The number of piperidine rings is 1. The Morgan fingerprint density at radius 3 is 2.57 bits per heavy atom. The molecule has 3 rings (SSSR count). The zero-order valence-electron chi connectivity index (χ0n) is 13.6. The molecule has 2 heterocycles. The molecule has 2 aliphatic heterocycles. The Kier molecular flexibility index (Phi) is 5.74. The van der Waals surface area contributed by atoms with Crippen molar-refractivity contribution in [2.75, 3.05) is 26.2 Å². The quantitative estimate of drug-likeness (QED) is 0.782. The highest BCUT2D eigenvalue weighted by molar-refractivity contribution is 6.30. The minimum absolute atomic E-state index is 0.138. The number of hydrogen-bond acceptors (Lipinski definition) is 2. The maximum absolute atomic E-state index is 12.5. The van der Waals surface area contributed by atoms with E-state index in [0.29, 0.717) is 6.04 Å². The van der Waals surface area contributed by atoms with Gasteiger partial charge in [-0.25, -0.2) is 0 Å². The highest BCUT2D eigenvalue weighted by Gasteiger charge is 2.29. The molecule has 2 saturated heterocycles. The number of nitrogens with zero attached hydrogens (tertiary/aromatic N) is 2. The fraction of sp³-hybridized carbons (Fsp3) is 0.526. The minimum atomic E-state index is 0.138. The van der Waals surface area contributed by atoms with Crippen LogP contribution < -0.4 is 0 Å². The van der Waals surface area contributed by atoms with E-state index in [1.807, 2.05) is 30.3 Å². The highest BCUT2D eigenvalue weighted by Crippen LogP contribution is 2.21. The summed E-state index contributed by atoms with van der Waals surface area (Å²) < 4.78 is 0. The molecule has 1 atom stereocenters. The van der Waals surface area contributed by atoms with Crippen molar-refractivity contribution in [3.63, 3.8) is 0 Å². The highest BCUT2D eigenvalue weighted by atomic mass is 35.5. The maximum atomic E-state index is 12.5. The van der Waals surface area contributed by atoms with Crippen molar-refractivity contribution in [1.29, 1.82) is 0 Å². The largest absolute Gasteiger partial charge is 0.335 e. The van der Waals surface area contributed by atoms with Crippen LogP contribution in [0.5, 0.6) is 0 Å². The lowest BCUT2D eigenvalue weighted by atomic mass is 10.1. The molecule has 0 bridgehead atoms. The van der Waals surface area contributed by atoms with Gasteiger partial charge in [0.2, 0.25) is 5.91 Å². The van der Waals surface area contributed by atoms with Gasteiger partial charge in [-0.05, 0) is 62.5 Å². The van der Waals surface area contributed by atoms with Gasteiger partial charge in [-0.2, -0.15) is 0 Å². The van der Waals surface area contributed by atoms with Gasteiger partial charge < -0.3 is 9.80 Å². The van der Waals surface area contributed by atoms with E-state index in [9.17, 15) is 4.79 Å². The molecule has 0 radical (unpaired) electrons. The first-order valence-corrected chi connectivity index (χ1v) is 9.07. The standard InChI is InChI=1S/C19H25ClN2O/c20-17-9-6-16(7-10-17)8-11-19(23)22-14-4-5-18(22)15-21-12-2-1-3-13-21/h6-11,18H,1-5,12-15H2/t18-/m0/s1. The molecule has 1 aromatic carbocycles. The molecule has 2 aliphatic rings. The maximum Gasteiger partial charge on any atom is 0.246 e. The summed E-state index contributed by atoms with van der Waals surface area (Å²) in [7, 11) is 0. The van der Waals surface area contributed by atoms with E-state index in [-0.39, 0.29) is 5.91 Å². The number of likely N-dealkylation sites (tertiary alicyclic amines) is 2. The van der Waals surface area contributed by atoms with E-state index in [1.165, 1.54) is 32.4 Å². The van der Waals surface area contributed by atoms with Crippen LogP contribution in [0.3, 0.4) is 0 Å². The summed E-state index contributed by atoms with van der Waals surface area (Å²) >= 11 is 5.89. The van der Waals surface area contributed by atoms with Crippen molar-refractivity contribution in [2.45, 2.75) is 38.1 Å². The van der Waals surface area contributed by atoms with Gasteiger partial charge in [-0.15, -0.1) is 0 Å². The van der Waals surface area contributed by atoms with Gasteiger partial charge >= 0.3 is 0 Å². The molecule has 2 fully saturated rings. The number of halogens is 1. The van der Waals surface area contributed by atoms with Gasteiger partial charge in [-0.3, -0.25) is 4.79 Å². The molecule has 4 heteroatoms. The van der Waals surface area contributed by atoms with E-state index >= 15 is 0 Å². The summed E-state index contributed by atoms with van der Waals surface area (Å²) in [4.78, 5) is 17.1. The summed E-state index contributed by atoms with van der Waals surface area (Å²) in [5.41, 5.74) is 1.01. The van der Waals surface area contributed by atoms with Crippen molar-refractivity contribution in [1.82, 2.24) is 9.80 Å². The van der Waals surface area contributed by atoms with Crippen molar-refractivity contribution in [3.8, 4) is 0 Å². The second kappa shape index (κ2) is 7.98. The predicted molar refractivity (Wildman–Crippen MR) is 95.5 cm³/mol. The zero-order chi connectivity index (χ0) is 16.1. The first kappa shape index (κ1) is 16.5. The normalized spacial score (nSPS) is 22.8. The van der Waals surface area contributed by atoms with E-state index in [4.69, 9.17) is 11.6 Å². The van der Waals surface area contributed by atoms with E-state index < -0.39 is 0 Å². The molecular weight excluding hydrogens is 308 g/mol. The van der Waals surface area contributed by atoms with Crippen LogP contribution in [0.15, 0.2) is 30.3 Å². The fourth-order valence-corrected chi connectivity index (χ4v) is 3.72. The SMILES string of the molecule is O=C(C=Cc1ccc(Cl)cc1)N1CCC[C@H]1CN1CCCCC1. The smallest absolute Gasteiger partial charge is 0.246 e. The van der Waals surface area contributed by atoms with Gasteiger partial charge in [0, 0.05) is 30.2 Å². The Morgan fingerprint density at radius 2 is 1.83 bits per heavy atom. The molecule has 0 aliphatic carbocycles. The van der Waals surface area contributed by atoms with Crippen LogP contribution in [-0.4, -0.2) is 47.9 Å². The van der Waals surface area contributed by atoms with Crippen LogP contribution in [0.25, 0.3) is 6.08 Å². The number of carbonyl (C=O) groups excluding carboxylic acids is 1. The molecule has 0 N–H and O–H groups in total. The van der Waals surface area contributed by atoms with E-state index in [1.54, 1.807) is 6.08 Å². The number of benzene rings is 1. The third-order valence-corrected chi connectivity index (χ3v) is 5.12. The molecule has 0 saturated carbocycles. The minimum Gasteiger partial charge on any atom is -0.335 e.